The molecule has 0 fully saturated rings. The number of oxime groups is 1. The summed E-state index contributed by atoms with van der Waals surface area (Å²) in [7, 11) is 1.64. The van der Waals surface area contributed by atoms with Crippen molar-refractivity contribution >= 4 is 5.71 Å². The van der Waals surface area contributed by atoms with Crippen LogP contribution in [0.1, 0.15) is 46.2 Å². The molecule has 0 bridgehead atoms. The van der Waals surface area contributed by atoms with Gasteiger partial charge in [-0.1, -0.05) is 41.6 Å². The molecule has 0 aliphatic rings. The number of ether oxygens (including phenoxy) is 1. The summed E-state index contributed by atoms with van der Waals surface area (Å²) < 4.78 is 10.8. The Kier molecular flexibility index (Phi) is 7.44. The van der Waals surface area contributed by atoms with Crippen molar-refractivity contribution in [3.8, 4) is 11.5 Å². The van der Waals surface area contributed by atoms with Crippen molar-refractivity contribution in [3.63, 3.8) is 0 Å². The van der Waals surface area contributed by atoms with E-state index in [0.29, 0.717) is 36.9 Å². The van der Waals surface area contributed by atoms with Crippen molar-refractivity contribution in [2.75, 3.05) is 13.7 Å². The first kappa shape index (κ1) is 23.3. The Labute approximate surface area is 199 Å². The fourth-order valence-electron chi connectivity index (χ4n) is 4.04. The molecule has 4 aromatic rings. The van der Waals surface area contributed by atoms with Gasteiger partial charge in [0, 0.05) is 48.9 Å². The minimum atomic E-state index is -0.00503. The molecule has 0 radical (unpaired) electrons. The highest BCUT2D eigenvalue weighted by molar-refractivity contribution is 6.01. The molecule has 2 aromatic carbocycles. The third-order valence-corrected chi connectivity index (χ3v) is 5.86. The Hall–Kier alpha value is -3.84. The molecule has 2 heterocycles. The molecule has 0 unspecified atom stereocenters. The van der Waals surface area contributed by atoms with Gasteiger partial charge in [0.2, 0.25) is 11.8 Å². The molecule has 7 heteroatoms. The Balaban J connectivity index is 1.65. The van der Waals surface area contributed by atoms with Crippen LogP contribution in [0.5, 0.6) is 0 Å². The van der Waals surface area contributed by atoms with Gasteiger partial charge in [-0.25, -0.2) is 0 Å². The van der Waals surface area contributed by atoms with Crippen molar-refractivity contribution in [2.45, 2.75) is 32.6 Å². The standard InChI is InChI=1S/C27H28N4O3/c1-18-6-4-5-7-23(18)24(17-25(31-32)22-12-14-28-19(2)16-22)20-8-10-21(11-9-20)27-30-29-26(34-27)13-15-33-3/h4-12,14,16,24,32H,13,15,17H2,1-3H3/t24-/m1/s1. The number of rotatable bonds is 9. The van der Waals surface area contributed by atoms with E-state index in [4.69, 9.17) is 9.15 Å². The summed E-state index contributed by atoms with van der Waals surface area (Å²) in [5.74, 6) is 1.03. The van der Waals surface area contributed by atoms with E-state index in [0.717, 1.165) is 22.4 Å². The van der Waals surface area contributed by atoms with Gasteiger partial charge in [0.05, 0.1) is 12.3 Å². The van der Waals surface area contributed by atoms with E-state index in [2.05, 4.69) is 51.5 Å². The minimum Gasteiger partial charge on any atom is -0.421 e. The number of pyridine rings is 1. The maximum atomic E-state index is 9.87. The molecule has 7 nitrogen and oxygen atoms in total. The van der Waals surface area contributed by atoms with E-state index in [1.54, 1.807) is 13.3 Å². The lowest BCUT2D eigenvalue weighted by molar-refractivity contribution is 0.195. The first-order chi connectivity index (χ1) is 16.6. The molecule has 4 rings (SSSR count). The van der Waals surface area contributed by atoms with E-state index >= 15 is 0 Å². The molecule has 0 saturated heterocycles. The molecule has 2 aromatic heterocycles. The third kappa shape index (κ3) is 5.38. The maximum Gasteiger partial charge on any atom is 0.247 e. The number of nitrogens with zero attached hydrogens (tertiary/aromatic N) is 4. The summed E-state index contributed by atoms with van der Waals surface area (Å²) in [4.78, 5) is 4.26. The second-order valence-corrected chi connectivity index (χ2v) is 8.21. The highest BCUT2D eigenvalue weighted by atomic mass is 16.5. The first-order valence-corrected chi connectivity index (χ1v) is 11.2. The Morgan fingerprint density at radius 3 is 2.56 bits per heavy atom. The molecular formula is C27H28N4O3. The predicted molar refractivity (Wildman–Crippen MR) is 130 cm³/mol. The normalized spacial score (nSPS) is 12.6. The van der Waals surface area contributed by atoms with Crippen LogP contribution in [-0.4, -0.2) is 39.8 Å². The van der Waals surface area contributed by atoms with Gasteiger partial charge in [-0.3, -0.25) is 4.98 Å². The summed E-state index contributed by atoms with van der Waals surface area (Å²) in [5, 5.41) is 21.8. The fraction of sp³-hybridized carbons (Fsp3) is 0.259. The van der Waals surface area contributed by atoms with Crippen LogP contribution in [0.3, 0.4) is 0 Å². The van der Waals surface area contributed by atoms with Crippen LogP contribution in [0.15, 0.2) is 76.4 Å². The van der Waals surface area contributed by atoms with E-state index in [9.17, 15) is 5.21 Å². The van der Waals surface area contributed by atoms with Gasteiger partial charge in [-0.05, 0) is 54.8 Å². The number of aromatic nitrogens is 3. The number of benzene rings is 2. The quantitative estimate of drug-likeness (QED) is 0.208. The van der Waals surface area contributed by atoms with Crippen molar-refractivity contribution in [3.05, 3.63) is 101 Å². The van der Waals surface area contributed by atoms with Crippen molar-refractivity contribution in [2.24, 2.45) is 5.16 Å². The molecule has 1 atom stereocenters. The Morgan fingerprint density at radius 2 is 1.85 bits per heavy atom. The van der Waals surface area contributed by atoms with Crippen LogP contribution in [0.25, 0.3) is 11.5 Å². The van der Waals surface area contributed by atoms with Crippen LogP contribution in [0.2, 0.25) is 0 Å². The Bertz CT molecular complexity index is 1260. The molecule has 0 aliphatic heterocycles. The zero-order valence-corrected chi connectivity index (χ0v) is 19.6. The summed E-state index contributed by atoms with van der Waals surface area (Å²) >= 11 is 0. The predicted octanol–water partition coefficient (Wildman–Crippen LogP) is 5.34. The zero-order valence-electron chi connectivity index (χ0n) is 19.6. The highest BCUT2D eigenvalue weighted by Crippen LogP contribution is 2.33. The smallest absolute Gasteiger partial charge is 0.247 e. The van der Waals surface area contributed by atoms with Gasteiger partial charge < -0.3 is 14.4 Å². The van der Waals surface area contributed by atoms with Crippen LogP contribution >= 0.6 is 0 Å². The number of hydrogen-bond acceptors (Lipinski definition) is 7. The highest BCUT2D eigenvalue weighted by Gasteiger charge is 2.21. The van der Waals surface area contributed by atoms with E-state index in [1.165, 1.54) is 11.1 Å². The molecular weight excluding hydrogens is 428 g/mol. The first-order valence-electron chi connectivity index (χ1n) is 11.2. The second kappa shape index (κ2) is 10.9. The average Bonchev–Trinajstić information content (AvgIpc) is 3.33. The molecule has 174 valence electrons. The number of aryl methyl sites for hydroxylation is 2. The summed E-state index contributed by atoms with van der Waals surface area (Å²) in [6.07, 6.45) is 2.85. The lowest BCUT2D eigenvalue weighted by Gasteiger charge is -2.21. The van der Waals surface area contributed by atoms with Gasteiger partial charge in [0.25, 0.3) is 0 Å². The van der Waals surface area contributed by atoms with Gasteiger partial charge in [-0.15, -0.1) is 10.2 Å². The molecule has 0 aliphatic carbocycles. The number of hydrogen-bond donors (Lipinski definition) is 1. The van der Waals surface area contributed by atoms with Gasteiger partial charge in [0.15, 0.2) is 0 Å². The summed E-state index contributed by atoms with van der Waals surface area (Å²) in [6.45, 7) is 4.56. The van der Waals surface area contributed by atoms with Crippen LogP contribution in [0.4, 0.5) is 0 Å². The SMILES string of the molecule is COCCc1nnc(-c2ccc([C@@H](CC(=NO)c3ccnc(C)c3)c3ccccc3C)cc2)o1. The van der Waals surface area contributed by atoms with E-state index in [-0.39, 0.29) is 5.92 Å². The molecule has 0 saturated carbocycles. The number of methoxy groups -OCH3 is 1. The van der Waals surface area contributed by atoms with Crippen LogP contribution in [-0.2, 0) is 11.2 Å². The van der Waals surface area contributed by atoms with E-state index in [1.807, 2.05) is 43.3 Å². The van der Waals surface area contributed by atoms with E-state index < -0.39 is 0 Å². The van der Waals surface area contributed by atoms with Crippen molar-refractivity contribution < 1.29 is 14.4 Å². The van der Waals surface area contributed by atoms with Crippen LogP contribution < -0.4 is 0 Å². The molecule has 1 N–H and O–H groups in total. The topological polar surface area (TPSA) is 93.6 Å². The van der Waals surface area contributed by atoms with Gasteiger partial charge in [-0.2, -0.15) is 0 Å². The monoisotopic (exact) mass is 456 g/mol. The maximum absolute atomic E-state index is 9.87. The largest absolute Gasteiger partial charge is 0.421 e. The second-order valence-electron chi connectivity index (χ2n) is 8.21. The fourth-order valence-corrected chi connectivity index (χ4v) is 4.04. The van der Waals surface area contributed by atoms with Crippen LogP contribution in [0, 0.1) is 13.8 Å². The lowest BCUT2D eigenvalue weighted by Crippen LogP contribution is -2.12. The van der Waals surface area contributed by atoms with Crippen molar-refractivity contribution in [1.29, 1.82) is 0 Å². The summed E-state index contributed by atoms with van der Waals surface area (Å²) in [6, 6.07) is 20.2. The lowest BCUT2D eigenvalue weighted by atomic mass is 9.83. The third-order valence-electron chi connectivity index (χ3n) is 5.86. The zero-order chi connectivity index (χ0) is 23.9. The Morgan fingerprint density at radius 1 is 1.06 bits per heavy atom. The summed E-state index contributed by atoms with van der Waals surface area (Å²) in [5.41, 5.74) is 6.66. The molecule has 0 amide bonds. The van der Waals surface area contributed by atoms with Gasteiger partial charge in [0.1, 0.15) is 0 Å². The minimum absolute atomic E-state index is 0.00503. The molecule has 0 spiro atoms. The van der Waals surface area contributed by atoms with Gasteiger partial charge >= 0.3 is 0 Å². The van der Waals surface area contributed by atoms with Crippen molar-refractivity contribution in [1.82, 2.24) is 15.2 Å². The average molecular weight is 457 g/mol. The molecule has 34 heavy (non-hydrogen) atoms.